The molecule has 35 atom stereocenters. The van der Waals surface area contributed by atoms with Crippen LogP contribution in [0.1, 0.15) is 0 Å². The van der Waals surface area contributed by atoms with Crippen LogP contribution in [0, 0.1) is 0 Å². The lowest BCUT2D eigenvalue weighted by Gasteiger charge is -2.52. The first-order valence-electron chi connectivity index (χ1n) is 34.1. The van der Waals surface area contributed by atoms with Crippen LogP contribution in [0.25, 0.3) is 0 Å². The van der Waals surface area contributed by atoms with Crippen LogP contribution in [0.5, 0.6) is 0 Å². The van der Waals surface area contributed by atoms with E-state index in [9.17, 15) is 0 Å². The predicted molar refractivity (Wildman–Crippen MR) is 347 cm³/mol. The summed E-state index contributed by atoms with van der Waals surface area (Å²) in [4.78, 5) is 0. The van der Waals surface area contributed by atoms with E-state index in [4.69, 9.17) is 166 Å². The summed E-state index contributed by atoms with van der Waals surface area (Å²) in [6.45, 7) is 7.61. The largest absolute Gasteiger partial charge is 0.382 e. The molecule has 0 aromatic rings. The van der Waals surface area contributed by atoms with Gasteiger partial charge in [0.1, 0.15) is 171 Å². The molecule has 0 radical (unpaired) electrons. The van der Waals surface area contributed by atoms with E-state index < -0.39 is 215 Å². The molecular formula is C67H116O35. The van der Waals surface area contributed by atoms with Crippen LogP contribution >= 0.6 is 0 Å². The maximum absolute atomic E-state index is 7.10. The minimum absolute atomic E-state index is 0.0460. The van der Waals surface area contributed by atoms with E-state index in [2.05, 4.69) is 13.2 Å². The Labute approximate surface area is 598 Å². The van der Waals surface area contributed by atoms with Crippen molar-refractivity contribution >= 4 is 0 Å². The Hall–Kier alpha value is -1.92. The average molecular weight is 1480 g/mol. The average Bonchev–Trinajstić information content (AvgIpc) is 0.768. The van der Waals surface area contributed by atoms with Crippen LogP contribution in [0.3, 0.4) is 0 Å². The lowest BCUT2D eigenvalue weighted by molar-refractivity contribution is -0.402. The molecule has 0 unspecified atom stereocenters. The molecular weight excluding hydrogens is 1360 g/mol. The molecule has 0 aliphatic carbocycles. The van der Waals surface area contributed by atoms with Gasteiger partial charge in [0.05, 0.1) is 59.5 Å². The quantitative estimate of drug-likeness (QED) is 0.0612. The van der Waals surface area contributed by atoms with E-state index in [0.717, 1.165) is 0 Å². The highest BCUT2D eigenvalue weighted by atomic mass is 16.8. The highest BCUT2D eigenvalue weighted by molar-refractivity contribution is 5.04. The lowest BCUT2D eigenvalue weighted by atomic mass is 9.94. The number of rotatable bonds is 32. The van der Waals surface area contributed by atoms with Crippen molar-refractivity contribution in [2.24, 2.45) is 0 Å². The molecule has 21 fully saturated rings. The number of methoxy groups -OCH3 is 19. The molecule has 594 valence electrons. The van der Waals surface area contributed by atoms with Gasteiger partial charge in [-0.05, 0) is 0 Å². The molecule has 0 aromatic carbocycles. The van der Waals surface area contributed by atoms with Gasteiger partial charge in [0.25, 0.3) is 0 Å². The lowest BCUT2D eigenvalue weighted by Crippen LogP contribution is -2.69. The molecule has 0 N–H and O–H groups in total. The molecule has 0 aromatic heterocycles. The first-order chi connectivity index (χ1) is 49.7. The molecule has 21 aliphatic heterocycles. The molecule has 0 amide bonds. The molecule has 21 rings (SSSR count). The Bertz CT molecular complexity index is 2320. The van der Waals surface area contributed by atoms with E-state index in [1.807, 2.05) is 0 Å². The van der Waals surface area contributed by atoms with Crippen LogP contribution in [0.2, 0.25) is 0 Å². The zero-order valence-electron chi connectivity index (χ0n) is 62.4. The highest BCUT2D eigenvalue weighted by Gasteiger charge is 2.62. The van der Waals surface area contributed by atoms with E-state index in [-0.39, 0.29) is 59.5 Å². The third-order valence-corrected chi connectivity index (χ3v) is 19.7. The van der Waals surface area contributed by atoms with Gasteiger partial charge in [0.2, 0.25) is 0 Å². The van der Waals surface area contributed by atoms with Crippen molar-refractivity contribution in [3.05, 3.63) is 25.3 Å². The Morgan fingerprint density at radius 3 is 0.451 bits per heavy atom. The third-order valence-electron chi connectivity index (χ3n) is 19.7. The van der Waals surface area contributed by atoms with Crippen molar-refractivity contribution in [2.75, 3.05) is 195 Å². The fourth-order valence-corrected chi connectivity index (χ4v) is 15.1. The Morgan fingerprint density at radius 1 is 0.196 bits per heavy atom. The van der Waals surface area contributed by atoms with Crippen molar-refractivity contribution < 1.29 is 166 Å². The molecule has 21 heterocycles. The van der Waals surface area contributed by atoms with Gasteiger partial charge < -0.3 is 166 Å². The van der Waals surface area contributed by atoms with Gasteiger partial charge in [-0.25, -0.2) is 0 Å². The third kappa shape index (κ3) is 19.3. The first-order valence-corrected chi connectivity index (χ1v) is 34.1. The molecule has 21 saturated heterocycles. The monoisotopic (exact) mass is 1480 g/mol. The van der Waals surface area contributed by atoms with Gasteiger partial charge in [0.15, 0.2) is 44.0 Å². The Balaban J connectivity index is 1.25. The van der Waals surface area contributed by atoms with Gasteiger partial charge in [-0.2, -0.15) is 0 Å². The van der Waals surface area contributed by atoms with Gasteiger partial charge in [-0.3, -0.25) is 0 Å². The number of hydrogen-bond acceptors (Lipinski definition) is 35. The van der Waals surface area contributed by atoms with E-state index >= 15 is 0 Å². The molecule has 35 heteroatoms. The van der Waals surface area contributed by atoms with Gasteiger partial charge in [-0.15, -0.1) is 13.2 Å². The van der Waals surface area contributed by atoms with E-state index in [1.165, 1.54) is 135 Å². The van der Waals surface area contributed by atoms with Crippen molar-refractivity contribution in [3.63, 3.8) is 0 Å². The maximum atomic E-state index is 7.10. The summed E-state index contributed by atoms with van der Waals surface area (Å²) in [5, 5.41) is 0. The zero-order chi connectivity index (χ0) is 73.7. The smallest absolute Gasteiger partial charge is 0.187 e. The second-order valence-corrected chi connectivity index (χ2v) is 25.2. The van der Waals surface area contributed by atoms with Crippen molar-refractivity contribution in [2.45, 2.75) is 215 Å². The Kier molecular flexibility index (Phi) is 36.0. The highest BCUT2D eigenvalue weighted by Crippen LogP contribution is 2.43. The molecule has 21 aliphatic rings. The molecule has 102 heavy (non-hydrogen) atoms. The summed E-state index contributed by atoms with van der Waals surface area (Å²) >= 11 is 0. The number of hydrogen-bond donors (Lipinski definition) is 0. The summed E-state index contributed by atoms with van der Waals surface area (Å²) < 4.78 is 228. The standard InChI is InChI=1S/C67H116O35/c1-22-24-87-31-38-45-52(78-13)60(86-21)67(95-38)100-44-37(30-72-7)93-65(58(84-19)51(44)77-12)102-46-39(32-88-25-23-2)94-66(59(85-20)53(46)79-14)99-43-36(29-71-6)91-63(56(82-17)50(43)76-11)97-41-34(27-69-4)89-61(54(80-15)48(41)74-9)96-40-33(26-68-3)90-62(55(81-16)47(40)73-8)98-42-35(28-70-5)92-64(101-45)57(83-18)49(42)75-10/h22-23,33-67H,1-2,24-32H2,3-21H3/t33-,34-,35-,36-,37-,38-,39-,40-,41-,42-,43-,44-,45-,46-,47+,48+,49+,50+,51-,52+,53-,54-,55-,56-,57-,58+,59-,60-,61-,62-,63-,64-,65-,66-,67-/m1/s1. The zero-order valence-corrected chi connectivity index (χ0v) is 62.4. The predicted octanol–water partition coefficient (Wildman–Crippen LogP) is -0.382. The SMILES string of the molecule is C=CCOC[C@H]1O[C@@H]2O[C@H]3[C@@H](OC)[C@H](OC)[C@@H](O[C@H]4[C@@H](OC)[C@@H](OC)[C@@H](O[C@H]5[C@H](OC)[C@@H](OC)[C@@H](O[C@H]6[C@H](OC)[C@@H](OC)[C@@H](O[C@H]7[C@H](OC)[C@@H](OC)[C@@H](O[C@H]8[C@H](OC)[C@@H](OC)[C@@H](O[C@H]1[C@H](OC)[C@H]2OC)O[C@@H]8COC)O[C@@H]7COC)O[C@@H]6COC)O[C@@H]5COC)O[C@@H]4COCC=C)O[C@@H]3COC. The summed E-state index contributed by atoms with van der Waals surface area (Å²) in [7, 11) is 28.6. The van der Waals surface area contributed by atoms with Crippen molar-refractivity contribution in [1.82, 2.24) is 0 Å². The molecule has 35 nitrogen and oxygen atoms in total. The first kappa shape index (κ1) is 85.7. The van der Waals surface area contributed by atoms with Gasteiger partial charge in [-0.1, -0.05) is 12.2 Å². The second kappa shape index (κ2) is 42.9. The summed E-state index contributed by atoms with van der Waals surface area (Å²) in [6.07, 6.45) is -33.5. The maximum Gasteiger partial charge on any atom is 0.187 e. The second-order valence-electron chi connectivity index (χ2n) is 25.2. The summed E-state index contributed by atoms with van der Waals surface area (Å²) in [5.41, 5.74) is 0. The van der Waals surface area contributed by atoms with Gasteiger partial charge in [0, 0.05) is 135 Å². The van der Waals surface area contributed by atoms with Crippen LogP contribution in [0.4, 0.5) is 0 Å². The van der Waals surface area contributed by atoms with Crippen LogP contribution in [0.15, 0.2) is 25.3 Å². The van der Waals surface area contributed by atoms with Crippen molar-refractivity contribution in [1.29, 1.82) is 0 Å². The topological polar surface area (TPSA) is 323 Å². The fourth-order valence-electron chi connectivity index (χ4n) is 15.1. The molecule has 14 bridgehead atoms. The summed E-state index contributed by atoms with van der Waals surface area (Å²) in [5.74, 6) is 0. The van der Waals surface area contributed by atoms with Gasteiger partial charge >= 0.3 is 0 Å². The number of ether oxygens (including phenoxy) is 35. The van der Waals surface area contributed by atoms with E-state index in [1.54, 1.807) is 12.2 Å². The minimum Gasteiger partial charge on any atom is -0.382 e. The van der Waals surface area contributed by atoms with Crippen LogP contribution < -0.4 is 0 Å². The minimum atomic E-state index is -1.25. The van der Waals surface area contributed by atoms with E-state index in [0.29, 0.717) is 0 Å². The Morgan fingerprint density at radius 2 is 0.333 bits per heavy atom. The van der Waals surface area contributed by atoms with Crippen LogP contribution in [-0.4, -0.2) is 409 Å². The van der Waals surface area contributed by atoms with Crippen LogP contribution in [-0.2, 0) is 166 Å². The summed E-state index contributed by atoms with van der Waals surface area (Å²) in [6, 6.07) is 0. The fraction of sp³-hybridized carbons (Fsp3) is 0.940. The van der Waals surface area contributed by atoms with Crippen molar-refractivity contribution in [3.8, 4) is 0 Å². The molecule has 0 spiro atoms. The normalized spacial score (nSPS) is 44.6. The molecule has 0 saturated carbocycles.